The lowest BCUT2D eigenvalue weighted by Crippen LogP contribution is -2.40. The van der Waals surface area contributed by atoms with Crippen molar-refractivity contribution in [1.29, 1.82) is 0 Å². The van der Waals surface area contributed by atoms with Crippen LogP contribution in [0, 0.1) is 0 Å². The van der Waals surface area contributed by atoms with Crippen molar-refractivity contribution >= 4 is 36.4 Å². The van der Waals surface area contributed by atoms with E-state index in [0.717, 1.165) is 37.9 Å². The van der Waals surface area contributed by atoms with Crippen molar-refractivity contribution in [1.82, 2.24) is 5.32 Å². The summed E-state index contributed by atoms with van der Waals surface area (Å²) in [5.74, 6) is 0.702. The number of benzene rings is 1. The van der Waals surface area contributed by atoms with Gasteiger partial charge in [-0.3, -0.25) is 4.79 Å². The summed E-state index contributed by atoms with van der Waals surface area (Å²) in [5, 5.41) is 3.16. The van der Waals surface area contributed by atoms with Gasteiger partial charge in [0.2, 0.25) is 0 Å². The molecule has 0 spiro atoms. The van der Waals surface area contributed by atoms with Gasteiger partial charge in [0.15, 0.2) is 0 Å². The molecule has 28 heavy (non-hydrogen) atoms. The normalized spacial score (nSPS) is 23.4. The van der Waals surface area contributed by atoms with E-state index in [1.165, 1.54) is 11.3 Å². The van der Waals surface area contributed by atoms with E-state index in [4.69, 9.17) is 10.2 Å². The summed E-state index contributed by atoms with van der Waals surface area (Å²) in [5.41, 5.74) is 9.20. The number of para-hydroxylation sites is 1. The molecule has 1 amide bonds. The molecule has 154 valence electrons. The highest BCUT2D eigenvalue weighted by atomic mass is 35.5. The van der Waals surface area contributed by atoms with E-state index in [1.807, 2.05) is 0 Å². The Morgan fingerprint density at radius 2 is 1.89 bits per heavy atom. The van der Waals surface area contributed by atoms with Crippen LogP contribution in [0.4, 0.5) is 5.69 Å². The molecule has 1 aliphatic heterocycles. The molecule has 3 N–H and O–H groups in total. The fraction of sp³-hybridized carbons (Fsp3) is 0.476. The SMILES string of the molecule is CC1Cc2ccccc2N1Cc1occc1C(=O)NC1CCC(N)CC1.Cl.Cl. The zero-order chi connectivity index (χ0) is 18.1. The molecule has 2 aromatic rings. The lowest BCUT2D eigenvalue weighted by Gasteiger charge is -2.27. The average Bonchev–Trinajstić information content (AvgIpc) is 3.22. The molecule has 0 bridgehead atoms. The lowest BCUT2D eigenvalue weighted by atomic mass is 9.91. The fourth-order valence-corrected chi connectivity index (χ4v) is 4.22. The van der Waals surface area contributed by atoms with Crippen LogP contribution in [0.15, 0.2) is 41.0 Å². The smallest absolute Gasteiger partial charge is 0.255 e. The first-order valence-electron chi connectivity index (χ1n) is 9.59. The van der Waals surface area contributed by atoms with Crippen LogP contribution in [0.5, 0.6) is 0 Å². The Hall–Kier alpha value is -1.69. The number of nitrogens with two attached hydrogens (primary N) is 1. The molecule has 7 heteroatoms. The van der Waals surface area contributed by atoms with Gasteiger partial charge in [0, 0.05) is 23.8 Å². The summed E-state index contributed by atoms with van der Waals surface area (Å²) in [6.07, 6.45) is 6.51. The van der Waals surface area contributed by atoms with Gasteiger partial charge in [-0.2, -0.15) is 0 Å². The number of hydrogen-bond donors (Lipinski definition) is 2. The highest BCUT2D eigenvalue weighted by Crippen LogP contribution is 2.33. The highest BCUT2D eigenvalue weighted by molar-refractivity contribution is 5.95. The Kier molecular flexibility index (Phi) is 7.81. The standard InChI is InChI=1S/C21H27N3O2.2ClH/c1-14-12-15-4-2-3-5-19(15)24(14)13-20-18(10-11-26-20)21(25)23-17-8-6-16(22)7-9-17;;/h2-5,10-11,14,16-17H,6-9,12-13,22H2,1H3,(H,23,25);2*1H. The number of carbonyl (C=O) groups excluding carboxylic acids is 1. The molecule has 1 aliphatic carbocycles. The molecule has 5 nitrogen and oxygen atoms in total. The second-order valence-corrected chi connectivity index (χ2v) is 7.65. The Bertz CT molecular complexity index is 787. The van der Waals surface area contributed by atoms with Gasteiger partial charge in [0.25, 0.3) is 5.91 Å². The molecule has 4 rings (SSSR count). The Morgan fingerprint density at radius 1 is 1.18 bits per heavy atom. The highest BCUT2D eigenvalue weighted by Gasteiger charge is 2.28. The van der Waals surface area contributed by atoms with Crippen LogP contribution in [0.25, 0.3) is 0 Å². The minimum absolute atomic E-state index is 0. The largest absolute Gasteiger partial charge is 0.467 e. The van der Waals surface area contributed by atoms with Crippen LogP contribution >= 0.6 is 24.8 Å². The number of amides is 1. The van der Waals surface area contributed by atoms with E-state index >= 15 is 0 Å². The van der Waals surface area contributed by atoms with Crippen LogP contribution < -0.4 is 16.0 Å². The number of nitrogens with zero attached hydrogens (tertiary/aromatic N) is 1. The number of carbonyl (C=O) groups is 1. The molecule has 1 fully saturated rings. The van der Waals surface area contributed by atoms with E-state index in [2.05, 4.69) is 41.4 Å². The van der Waals surface area contributed by atoms with Crippen LogP contribution in [0.3, 0.4) is 0 Å². The molecular weight excluding hydrogens is 397 g/mol. The van der Waals surface area contributed by atoms with Gasteiger partial charge in [0.1, 0.15) is 5.76 Å². The predicted octanol–water partition coefficient (Wildman–Crippen LogP) is 4.07. The second-order valence-electron chi connectivity index (χ2n) is 7.65. The van der Waals surface area contributed by atoms with Gasteiger partial charge in [0.05, 0.1) is 18.4 Å². The van der Waals surface area contributed by atoms with Crippen molar-refractivity contribution in [3.63, 3.8) is 0 Å². The molecule has 1 atom stereocenters. The summed E-state index contributed by atoms with van der Waals surface area (Å²) in [4.78, 5) is 15.1. The third-order valence-corrected chi connectivity index (χ3v) is 5.76. The quantitative estimate of drug-likeness (QED) is 0.773. The Morgan fingerprint density at radius 3 is 2.64 bits per heavy atom. The molecule has 1 aromatic heterocycles. The third kappa shape index (κ3) is 4.65. The molecule has 2 aliphatic rings. The van der Waals surface area contributed by atoms with Gasteiger partial charge in [-0.15, -0.1) is 24.8 Å². The zero-order valence-electron chi connectivity index (χ0n) is 16.1. The monoisotopic (exact) mass is 425 g/mol. The molecule has 0 saturated heterocycles. The van der Waals surface area contributed by atoms with Gasteiger partial charge < -0.3 is 20.4 Å². The maximum absolute atomic E-state index is 12.8. The van der Waals surface area contributed by atoms with E-state index in [-0.39, 0.29) is 42.8 Å². The van der Waals surface area contributed by atoms with Gasteiger partial charge in [-0.05, 0) is 56.7 Å². The van der Waals surface area contributed by atoms with Crippen LogP contribution in [0.1, 0.15) is 54.3 Å². The summed E-state index contributed by atoms with van der Waals surface area (Å²) >= 11 is 0. The van der Waals surface area contributed by atoms with E-state index in [9.17, 15) is 4.79 Å². The molecule has 1 unspecified atom stereocenters. The van der Waals surface area contributed by atoms with Crippen molar-refractivity contribution in [2.45, 2.75) is 63.7 Å². The molecular formula is C21H29Cl2N3O2. The summed E-state index contributed by atoms with van der Waals surface area (Å²) in [6.45, 7) is 2.83. The van der Waals surface area contributed by atoms with Crippen LogP contribution in [0.2, 0.25) is 0 Å². The van der Waals surface area contributed by atoms with E-state index in [1.54, 1.807) is 12.3 Å². The maximum atomic E-state index is 12.8. The van der Waals surface area contributed by atoms with Gasteiger partial charge in [-0.25, -0.2) is 0 Å². The topological polar surface area (TPSA) is 71.5 Å². The number of rotatable bonds is 4. The number of hydrogen-bond acceptors (Lipinski definition) is 4. The molecule has 1 saturated carbocycles. The van der Waals surface area contributed by atoms with Crippen LogP contribution in [-0.2, 0) is 13.0 Å². The van der Waals surface area contributed by atoms with Crippen molar-refractivity contribution in [3.05, 3.63) is 53.5 Å². The van der Waals surface area contributed by atoms with Crippen molar-refractivity contribution in [3.8, 4) is 0 Å². The minimum Gasteiger partial charge on any atom is -0.467 e. The summed E-state index contributed by atoms with van der Waals surface area (Å²) in [7, 11) is 0. The summed E-state index contributed by atoms with van der Waals surface area (Å²) < 4.78 is 5.69. The van der Waals surface area contributed by atoms with Gasteiger partial charge >= 0.3 is 0 Å². The fourth-order valence-electron chi connectivity index (χ4n) is 4.22. The van der Waals surface area contributed by atoms with Crippen molar-refractivity contribution in [2.24, 2.45) is 5.73 Å². The second kappa shape index (κ2) is 9.68. The predicted molar refractivity (Wildman–Crippen MR) is 117 cm³/mol. The number of anilines is 1. The van der Waals surface area contributed by atoms with Gasteiger partial charge in [-0.1, -0.05) is 18.2 Å². The first kappa shape index (κ1) is 22.6. The molecule has 2 heterocycles. The number of nitrogens with one attached hydrogen (secondary N) is 1. The van der Waals surface area contributed by atoms with E-state index in [0.29, 0.717) is 18.2 Å². The summed E-state index contributed by atoms with van der Waals surface area (Å²) in [6, 6.07) is 11.1. The Labute approximate surface area is 178 Å². The number of halogens is 2. The molecule has 0 radical (unpaired) electrons. The number of fused-ring (bicyclic) bond motifs is 1. The average molecular weight is 426 g/mol. The Balaban J connectivity index is 0.00000140. The first-order chi connectivity index (χ1) is 12.6. The lowest BCUT2D eigenvalue weighted by molar-refractivity contribution is 0.0924. The first-order valence-corrected chi connectivity index (χ1v) is 9.59. The zero-order valence-corrected chi connectivity index (χ0v) is 17.7. The minimum atomic E-state index is -0.0330. The number of furan rings is 1. The van der Waals surface area contributed by atoms with Crippen molar-refractivity contribution < 1.29 is 9.21 Å². The molecule has 1 aromatic carbocycles. The van der Waals surface area contributed by atoms with Crippen LogP contribution in [-0.4, -0.2) is 24.0 Å². The maximum Gasteiger partial charge on any atom is 0.255 e. The van der Waals surface area contributed by atoms with Crippen molar-refractivity contribution in [2.75, 3.05) is 4.90 Å². The van der Waals surface area contributed by atoms with E-state index < -0.39 is 0 Å². The third-order valence-electron chi connectivity index (χ3n) is 5.76.